The molecule has 3 aromatic rings. The average molecular weight is 331 g/mol. The summed E-state index contributed by atoms with van der Waals surface area (Å²) in [6.07, 6.45) is 2.82. The summed E-state index contributed by atoms with van der Waals surface area (Å²) in [6.45, 7) is 7.25. The number of ether oxygens (including phenoxy) is 1. The van der Waals surface area contributed by atoms with E-state index in [-0.39, 0.29) is 0 Å². The van der Waals surface area contributed by atoms with Crippen LogP contribution in [0.3, 0.4) is 0 Å². The first-order valence-corrected chi connectivity index (χ1v) is 8.86. The summed E-state index contributed by atoms with van der Waals surface area (Å²) in [4.78, 5) is 0. The molecule has 1 N–H and O–H groups in total. The number of rotatable bonds is 8. The average Bonchev–Trinajstić information content (AvgIpc) is 2.68. The zero-order valence-corrected chi connectivity index (χ0v) is 14.7. The van der Waals surface area contributed by atoms with Gasteiger partial charge in [-0.15, -0.1) is 0 Å². The van der Waals surface area contributed by atoms with E-state index in [1.54, 1.807) is 6.08 Å². The molecule has 0 aliphatic rings. The zero-order chi connectivity index (χ0) is 17.5. The molecule has 0 radical (unpaired) electrons. The van der Waals surface area contributed by atoms with Crippen LogP contribution in [-0.4, -0.2) is 6.61 Å². The number of fused-ring (bicyclic) bond motifs is 1. The van der Waals surface area contributed by atoms with Crippen LogP contribution in [-0.2, 0) is 6.54 Å². The maximum Gasteiger partial charge on any atom is 0.124 e. The highest BCUT2D eigenvalue weighted by atomic mass is 16.5. The standard InChI is InChI=1S/C23H25NO/c1-3-16-25-23-15-14-18-10-8-9-13-20(18)21(23)17-24-22(4-2)19-11-6-5-7-12-19/h3,5-15,22,24H,1,4,16-17H2,2H3. The van der Waals surface area contributed by atoms with Gasteiger partial charge in [0.25, 0.3) is 0 Å². The fraction of sp³-hybridized carbons (Fsp3) is 0.217. The molecule has 3 rings (SSSR count). The Balaban J connectivity index is 1.89. The van der Waals surface area contributed by atoms with Crippen LogP contribution >= 0.6 is 0 Å². The van der Waals surface area contributed by atoms with Crippen molar-refractivity contribution < 1.29 is 4.74 Å². The van der Waals surface area contributed by atoms with Crippen molar-refractivity contribution >= 4 is 10.8 Å². The van der Waals surface area contributed by atoms with Gasteiger partial charge in [-0.2, -0.15) is 0 Å². The van der Waals surface area contributed by atoms with E-state index < -0.39 is 0 Å². The largest absolute Gasteiger partial charge is 0.489 e. The summed E-state index contributed by atoms with van der Waals surface area (Å²) < 4.78 is 5.91. The van der Waals surface area contributed by atoms with Gasteiger partial charge in [-0.25, -0.2) is 0 Å². The monoisotopic (exact) mass is 331 g/mol. The van der Waals surface area contributed by atoms with Crippen molar-refractivity contribution in [1.29, 1.82) is 0 Å². The summed E-state index contributed by atoms with van der Waals surface area (Å²) in [6, 6.07) is 23.6. The van der Waals surface area contributed by atoms with E-state index in [1.807, 2.05) is 0 Å². The highest BCUT2D eigenvalue weighted by molar-refractivity contribution is 5.87. The van der Waals surface area contributed by atoms with E-state index in [0.717, 1.165) is 18.7 Å². The summed E-state index contributed by atoms with van der Waals surface area (Å²) >= 11 is 0. The Bertz CT molecular complexity index is 826. The van der Waals surface area contributed by atoms with Crippen LogP contribution in [0.2, 0.25) is 0 Å². The highest BCUT2D eigenvalue weighted by Gasteiger charge is 2.12. The molecule has 0 saturated heterocycles. The van der Waals surface area contributed by atoms with Crippen molar-refractivity contribution in [2.24, 2.45) is 0 Å². The van der Waals surface area contributed by atoms with Crippen LogP contribution in [0.4, 0.5) is 0 Å². The Morgan fingerprint density at radius 3 is 2.52 bits per heavy atom. The summed E-state index contributed by atoms with van der Waals surface area (Å²) in [5.74, 6) is 0.925. The molecule has 0 fully saturated rings. The lowest BCUT2D eigenvalue weighted by molar-refractivity contribution is 0.357. The molecule has 1 atom stereocenters. The Morgan fingerprint density at radius 1 is 1.00 bits per heavy atom. The topological polar surface area (TPSA) is 21.3 Å². The molecule has 0 aliphatic heterocycles. The number of benzene rings is 3. The molecule has 2 heteroatoms. The molecule has 0 aliphatic carbocycles. The van der Waals surface area contributed by atoms with Crippen LogP contribution in [0, 0.1) is 0 Å². The molecular formula is C23H25NO. The van der Waals surface area contributed by atoms with E-state index in [1.165, 1.54) is 21.9 Å². The smallest absolute Gasteiger partial charge is 0.124 e. The van der Waals surface area contributed by atoms with Gasteiger partial charge in [0.15, 0.2) is 0 Å². The van der Waals surface area contributed by atoms with E-state index in [2.05, 4.69) is 85.5 Å². The van der Waals surface area contributed by atoms with Gasteiger partial charge in [-0.1, -0.05) is 80.2 Å². The van der Waals surface area contributed by atoms with Gasteiger partial charge in [-0.05, 0) is 28.8 Å². The van der Waals surface area contributed by atoms with Crippen LogP contribution in [0.5, 0.6) is 5.75 Å². The second-order valence-electron chi connectivity index (χ2n) is 6.12. The van der Waals surface area contributed by atoms with Gasteiger partial charge in [0.05, 0.1) is 0 Å². The minimum atomic E-state index is 0.326. The number of hydrogen-bond donors (Lipinski definition) is 1. The molecule has 0 aromatic heterocycles. The van der Waals surface area contributed by atoms with Crippen molar-refractivity contribution in [3.63, 3.8) is 0 Å². The number of nitrogens with one attached hydrogen (secondary N) is 1. The lowest BCUT2D eigenvalue weighted by atomic mass is 10.0. The van der Waals surface area contributed by atoms with Crippen molar-refractivity contribution in [1.82, 2.24) is 5.32 Å². The van der Waals surface area contributed by atoms with Crippen molar-refractivity contribution in [2.45, 2.75) is 25.9 Å². The van der Waals surface area contributed by atoms with E-state index >= 15 is 0 Å². The van der Waals surface area contributed by atoms with Crippen molar-refractivity contribution in [3.05, 3.63) is 90.5 Å². The molecule has 0 amide bonds. The second-order valence-corrected chi connectivity index (χ2v) is 6.12. The molecule has 128 valence electrons. The fourth-order valence-corrected chi connectivity index (χ4v) is 3.19. The third kappa shape index (κ3) is 4.09. The fourth-order valence-electron chi connectivity index (χ4n) is 3.19. The first-order valence-electron chi connectivity index (χ1n) is 8.86. The lowest BCUT2D eigenvalue weighted by Crippen LogP contribution is -2.21. The van der Waals surface area contributed by atoms with E-state index in [0.29, 0.717) is 12.6 Å². The van der Waals surface area contributed by atoms with Gasteiger partial charge in [0.2, 0.25) is 0 Å². The van der Waals surface area contributed by atoms with Gasteiger partial charge in [0, 0.05) is 18.2 Å². The van der Waals surface area contributed by atoms with Crippen LogP contribution < -0.4 is 10.1 Å². The normalized spacial score (nSPS) is 12.0. The number of hydrogen-bond acceptors (Lipinski definition) is 2. The first kappa shape index (κ1) is 17.2. The van der Waals surface area contributed by atoms with Gasteiger partial charge in [-0.3, -0.25) is 0 Å². The minimum Gasteiger partial charge on any atom is -0.489 e. The van der Waals surface area contributed by atoms with Gasteiger partial charge in [0.1, 0.15) is 12.4 Å². The van der Waals surface area contributed by atoms with E-state index in [9.17, 15) is 0 Å². The first-order chi connectivity index (χ1) is 12.3. The Hall–Kier alpha value is -2.58. The summed E-state index contributed by atoms with van der Waals surface area (Å²) in [5, 5.41) is 6.18. The Labute approximate surface area is 150 Å². The molecule has 25 heavy (non-hydrogen) atoms. The molecule has 2 nitrogen and oxygen atoms in total. The molecule has 1 unspecified atom stereocenters. The quantitative estimate of drug-likeness (QED) is 0.539. The third-order valence-electron chi connectivity index (χ3n) is 4.49. The molecule has 0 spiro atoms. The molecule has 0 heterocycles. The zero-order valence-electron chi connectivity index (χ0n) is 14.7. The molecule has 0 bridgehead atoms. The maximum atomic E-state index is 5.91. The lowest BCUT2D eigenvalue weighted by Gasteiger charge is -2.20. The molecular weight excluding hydrogens is 306 g/mol. The molecule has 0 saturated carbocycles. The van der Waals surface area contributed by atoms with Crippen LogP contribution in [0.25, 0.3) is 10.8 Å². The second kappa shape index (κ2) is 8.50. The van der Waals surface area contributed by atoms with Gasteiger partial charge < -0.3 is 10.1 Å². The Morgan fingerprint density at radius 2 is 1.76 bits per heavy atom. The van der Waals surface area contributed by atoms with Crippen LogP contribution in [0.1, 0.15) is 30.5 Å². The van der Waals surface area contributed by atoms with Crippen LogP contribution in [0.15, 0.2) is 79.4 Å². The highest BCUT2D eigenvalue weighted by Crippen LogP contribution is 2.29. The predicted octanol–water partition coefficient (Wildman–Crippen LogP) is 5.65. The third-order valence-corrected chi connectivity index (χ3v) is 4.49. The summed E-state index contributed by atoms with van der Waals surface area (Å²) in [7, 11) is 0. The Kier molecular flexibility index (Phi) is 5.86. The molecule has 3 aromatic carbocycles. The summed E-state index contributed by atoms with van der Waals surface area (Å²) in [5.41, 5.74) is 2.52. The van der Waals surface area contributed by atoms with E-state index in [4.69, 9.17) is 4.74 Å². The van der Waals surface area contributed by atoms with Gasteiger partial charge >= 0.3 is 0 Å². The SMILES string of the molecule is C=CCOc1ccc2ccccc2c1CNC(CC)c1ccccc1. The maximum absolute atomic E-state index is 5.91. The predicted molar refractivity (Wildman–Crippen MR) is 106 cm³/mol. The van der Waals surface area contributed by atoms with Crippen molar-refractivity contribution in [2.75, 3.05) is 6.61 Å². The van der Waals surface area contributed by atoms with Crippen molar-refractivity contribution in [3.8, 4) is 5.75 Å². The minimum absolute atomic E-state index is 0.326.